The fourth-order valence-electron chi connectivity index (χ4n) is 3.42. The highest BCUT2D eigenvalue weighted by Crippen LogP contribution is 1.97. The Hall–Kier alpha value is -1.06. The Balaban J connectivity index is 2.89. The summed E-state index contributed by atoms with van der Waals surface area (Å²) in [6, 6.07) is 2.73. The number of hydrogen-bond donors (Lipinski definition) is 0. The van der Waals surface area contributed by atoms with Crippen molar-refractivity contribution in [1.82, 2.24) is 13.7 Å². The number of nitrogens with zero attached hydrogens (tertiary/aromatic N) is 3. The molecule has 1 rings (SSSR count). The second-order valence-corrected chi connectivity index (χ2v) is 12.8. The molecule has 0 fully saturated rings. The first-order valence-corrected chi connectivity index (χ1v) is 17.5. The second kappa shape index (κ2) is 19.3. The van der Waals surface area contributed by atoms with E-state index in [9.17, 15) is 14.4 Å². The molecule has 192 valence electrons. The van der Waals surface area contributed by atoms with Gasteiger partial charge < -0.3 is 13.3 Å². The average molecular weight is 520 g/mol. The topological polar surface area (TPSA) is 93.7 Å². The molecule has 0 aliphatic carbocycles. The van der Waals surface area contributed by atoms with Gasteiger partial charge in [0.1, 0.15) is 0 Å². The predicted octanol–water partition coefficient (Wildman–Crippen LogP) is 0.128. The van der Waals surface area contributed by atoms with Crippen LogP contribution < -0.4 is 17.1 Å². The summed E-state index contributed by atoms with van der Waals surface area (Å²) < 4.78 is 20.7. The summed E-state index contributed by atoms with van der Waals surface area (Å²) in [5, 5.41) is 0. The van der Waals surface area contributed by atoms with Crippen molar-refractivity contribution in [3.8, 4) is 0 Å². The molecule has 1 heterocycles. The number of hydrogen-bond acceptors (Lipinski definition) is 6. The van der Waals surface area contributed by atoms with Crippen LogP contribution in [-0.4, -0.2) is 62.8 Å². The van der Waals surface area contributed by atoms with Crippen molar-refractivity contribution < 1.29 is 13.3 Å². The van der Waals surface area contributed by atoms with E-state index in [0.717, 1.165) is 76.5 Å². The Labute approximate surface area is 204 Å². The lowest BCUT2D eigenvalue weighted by atomic mass is 10.4. The van der Waals surface area contributed by atoms with Crippen LogP contribution in [0.3, 0.4) is 0 Å². The van der Waals surface area contributed by atoms with Crippen LogP contribution >= 0.6 is 0 Å². The minimum atomic E-state index is -0.626. The normalized spacial score (nSPS) is 12.5. The zero-order chi connectivity index (χ0) is 24.3. The molecule has 0 aromatic carbocycles. The molecule has 0 saturated carbocycles. The molecule has 0 radical (unpaired) electrons. The van der Waals surface area contributed by atoms with Crippen LogP contribution in [0.2, 0.25) is 18.1 Å². The van der Waals surface area contributed by atoms with Gasteiger partial charge in [-0.3, -0.25) is 0 Å². The van der Waals surface area contributed by atoms with E-state index >= 15 is 0 Å². The van der Waals surface area contributed by atoms with Gasteiger partial charge in [-0.25, -0.2) is 28.1 Å². The van der Waals surface area contributed by atoms with Crippen molar-refractivity contribution in [2.75, 3.05) is 19.8 Å². The SMILES string of the molecule is CCCO[SiH2]CCCn1c(=O)n(CCC[SiH2]OCCC)c(=O)n(CCC[SiH2]OCCC)c1=O. The highest BCUT2D eigenvalue weighted by atomic mass is 28.2. The molecule has 0 atom stereocenters. The van der Waals surface area contributed by atoms with Gasteiger partial charge in [-0.05, 0) is 56.7 Å². The fraction of sp³-hybridized carbons (Fsp3) is 0.857. The molecule has 1 aromatic rings. The maximum atomic E-state index is 13.0. The molecule has 0 spiro atoms. The predicted molar refractivity (Wildman–Crippen MR) is 142 cm³/mol. The van der Waals surface area contributed by atoms with Gasteiger partial charge in [0.2, 0.25) is 0 Å². The third-order valence-corrected chi connectivity index (χ3v) is 9.29. The Bertz CT molecular complexity index is 677. The van der Waals surface area contributed by atoms with Crippen molar-refractivity contribution in [3.05, 3.63) is 31.5 Å². The molecule has 0 bridgehead atoms. The van der Waals surface area contributed by atoms with Crippen LogP contribution in [0, 0.1) is 0 Å². The van der Waals surface area contributed by atoms with Gasteiger partial charge in [0.25, 0.3) is 0 Å². The van der Waals surface area contributed by atoms with Crippen molar-refractivity contribution in [2.24, 2.45) is 0 Å². The molecule has 9 nitrogen and oxygen atoms in total. The van der Waals surface area contributed by atoms with E-state index < -0.39 is 46.4 Å². The molecule has 0 aliphatic heterocycles. The molecule has 12 heteroatoms. The van der Waals surface area contributed by atoms with E-state index in [0.29, 0.717) is 19.6 Å². The first-order valence-electron chi connectivity index (χ1n) is 12.8. The molecule has 0 saturated heterocycles. The van der Waals surface area contributed by atoms with E-state index in [2.05, 4.69) is 20.8 Å². The molecule has 0 amide bonds. The van der Waals surface area contributed by atoms with Crippen LogP contribution in [0.1, 0.15) is 59.3 Å². The maximum absolute atomic E-state index is 13.0. The molecule has 0 unspecified atom stereocenters. The summed E-state index contributed by atoms with van der Waals surface area (Å²) in [5.41, 5.74) is -1.43. The van der Waals surface area contributed by atoms with Gasteiger partial charge in [0.15, 0.2) is 29.3 Å². The molecule has 33 heavy (non-hydrogen) atoms. The van der Waals surface area contributed by atoms with Gasteiger partial charge in [0.05, 0.1) is 0 Å². The zero-order valence-electron chi connectivity index (χ0n) is 21.0. The third-order valence-electron chi connectivity index (χ3n) is 5.19. The lowest BCUT2D eigenvalue weighted by Gasteiger charge is -2.14. The minimum absolute atomic E-state index is 0.336. The summed E-state index contributed by atoms with van der Waals surface area (Å²) in [4.78, 5) is 39.0. The van der Waals surface area contributed by atoms with E-state index in [-0.39, 0.29) is 0 Å². The minimum Gasteiger partial charge on any atom is -0.424 e. The highest BCUT2D eigenvalue weighted by Gasteiger charge is 2.15. The summed E-state index contributed by atoms with van der Waals surface area (Å²) in [7, 11) is -1.88. The van der Waals surface area contributed by atoms with Crippen molar-refractivity contribution in [3.63, 3.8) is 0 Å². The van der Waals surface area contributed by atoms with E-state index in [1.807, 2.05) is 0 Å². The number of rotatable bonds is 21. The molecular weight excluding hydrogens is 475 g/mol. The van der Waals surface area contributed by atoms with Gasteiger partial charge >= 0.3 is 17.1 Å². The smallest absolute Gasteiger partial charge is 0.336 e. The standard InChI is InChI=1S/C21H45N3O6Si3/c1-4-13-28-31-16-7-10-22-19(25)23(11-8-17-32-29-14-5-2)21(27)24(20(22)26)12-9-18-33-30-15-6-3/h4-18,31-33H2,1-3H3. The quantitative estimate of drug-likeness (QED) is 0.169. The lowest BCUT2D eigenvalue weighted by molar-refractivity contribution is 0.332. The lowest BCUT2D eigenvalue weighted by Crippen LogP contribution is -2.54. The van der Waals surface area contributed by atoms with Crippen molar-refractivity contribution in [1.29, 1.82) is 0 Å². The van der Waals surface area contributed by atoms with E-state index in [1.165, 1.54) is 13.7 Å². The first kappa shape index (κ1) is 30.0. The van der Waals surface area contributed by atoms with Crippen LogP contribution in [0.25, 0.3) is 0 Å². The van der Waals surface area contributed by atoms with Gasteiger partial charge in [-0.1, -0.05) is 20.8 Å². The molecule has 1 aromatic heterocycles. The Morgan fingerprint density at radius 2 is 0.818 bits per heavy atom. The van der Waals surface area contributed by atoms with Crippen LogP contribution in [0.15, 0.2) is 14.4 Å². The Kier molecular flexibility index (Phi) is 17.5. The highest BCUT2D eigenvalue weighted by molar-refractivity contribution is 6.27. The van der Waals surface area contributed by atoms with Crippen molar-refractivity contribution in [2.45, 2.75) is 97.1 Å². The molecular formula is C21H45N3O6Si3. The molecule has 0 aliphatic rings. The monoisotopic (exact) mass is 519 g/mol. The summed E-state index contributed by atoms with van der Waals surface area (Å²) in [6.07, 6.45) is 5.17. The van der Waals surface area contributed by atoms with Gasteiger partial charge in [-0.15, -0.1) is 0 Å². The summed E-state index contributed by atoms with van der Waals surface area (Å²) >= 11 is 0. The number of aromatic nitrogens is 3. The van der Waals surface area contributed by atoms with Gasteiger partial charge in [0, 0.05) is 39.5 Å². The van der Waals surface area contributed by atoms with E-state index in [4.69, 9.17) is 13.3 Å². The first-order chi connectivity index (χ1) is 16.1. The largest absolute Gasteiger partial charge is 0.424 e. The second-order valence-electron chi connectivity index (χ2n) is 8.26. The Morgan fingerprint density at radius 3 is 1.06 bits per heavy atom. The third kappa shape index (κ3) is 11.8. The van der Waals surface area contributed by atoms with Crippen molar-refractivity contribution >= 4 is 29.3 Å². The Morgan fingerprint density at radius 1 is 0.545 bits per heavy atom. The fourth-order valence-corrected chi connectivity index (χ4v) is 6.79. The van der Waals surface area contributed by atoms with E-state index in [1.54, 1.807) is 0 Å². The average Bonchev–Trinajstić information content (AvgIpc) is 2.81. The summed E-state index contributed by atoms with van der Waals surface area (Å²) in [6.45, 7) is 9.58. The summed E-state index contributed by atoms with van der Waals surface area (Å²) in [5.74, 6) is 0. The van der Waals surface area contributed by atoms with Crippen LogP contribution in [-0.2, 0) is 32.9 Å². The maximum Gasteiger partial charge on any atom is 0.336 e. The van der Waals surface area contributed by atoms with Crippen LogP contribution in [0.4, 0.5) is 0 Å². The van der Waals surface area contributed by atoms with Crippen LogP contribution in [0.5, 0.6) is 0 Å². The zero-order valence-corrected chi connectivity index (χ0v) is 25.3. The molecule has 0 N–H and O–H groups in total. The van der Waals surface area contributed by atoms with Gasteiger partial charge in [-0.2, -0.15) is 0 Å².